The molecule has 1 N–H and O–H groups in total. The van der Waals surface area contributed by atoms with Crippen molar-refractivity contribution in [2.24, 2.45) is 17.8 Å². The summed E-state index contributed by atoms with van der Waals surface area (Å²) in [5.74, 6) is 4.19. The third-order valence-electron chi connectivity index (χ3n) is 5.95. The van der Waals surface area contributed by atoms with Crippen LogP contribution in [-0.2, 0) is 6.54 Å². The first kappa shape index (κ1) is 11.9. The molecule has 0 aliphatic heterocycles. The summed E-state index contributed by atoms with van der Waals surface area (Å²) in [6.07, 6.45) is 5.61. The largest absolute Gasteiger partial charge is 0.419 e. The number of nitrogens with zero attached hydrogens (tertiary/aromatic N) is 2. The highest BCUT2D eigenvalue weighted by Gasteiger charge is 2.62. The van der Waals surface area contributed by atoms with Gasteiger partial charge in [-0.3, -0.25) is 0 Å². The van der Waals surface area contributed by atoms with Gasteiger partial charge in [-0.2, -0.15) is 0 Å². The maximum atomic E-state index is 5.80. The first-order valence-electron chi connectivity index (χ1n) is 7.95. The monoisotopic (exact) mass is 281 g/mol. The zero-order valence-corrected chi connectivity index (χ0v) is 12.0. The smallest absolute Gasteiger partial charge is 0.247 e. The maximum Gasteiger partial charge on any atom is 0.247 e. The average molecular weight is 281 g/mol. The summed E-state index contributed by atoms with van der Waals surface area (Å²) in [7, 11) is 0. The normalized spacial score (nSPS) is 35.9. The summed E-state index contributed by atoms with van der Waals surface area (Å²) in [5.41, 5.74) is 1.37. The summed E-state index contributed by atoms with van der Waals surface area (Å²) < 4.78 is 5.80. The predicted octanol–water partition coefficient (Wildman–Crippen LogP) is 3.01. The quantitative estimate of drug-likeness (QED) is 0.936. The molecule has 0 spiro atoms. The van der Waals surface area contributed by atoms with E-state index >= 15 is 0 Å². The Labute approximate surface area is 124 Å². The number of benzene rings is 1. The lowest BCUT2D eigenvalue weighted by Crippen LogP contribution is -2.44. The lowest BCUT2D eigenvalue weighted by Gasteiger charge is -2.29. The molecule has 4 heteroatoms. The van der Waals surface area contributed by atoms with Crippen LogP contribution in [0.15, 0.2) is 34.7 Å². The third-order valence-corrected chi connectivity index (χ3v) is 5.95. The highest BCUT2D eigenvalue weighted by molar-refractivity contribution is 5.51. The molecule has 21 heavy (non-hydrogen) atoms. The molecule has 0 amide bonds. The Hall–Kier alpha value is -1.68. The van der Waals surface area contributed by atoms with Crippen molar-refractivity contribution in [1.29, 1.82) is 0 Å². The molecular weight excluding hydrogens is 262 g/mol. The predicted molar refractivity (Wildman–Crippen MR) is 78.2 cm³/mol. The molecule has 2 unspecified atom stereocenters. The van der Waals surface area contributed by atoms with Crippen LogP contribution >= 0.6 is 0 Å². The minimum absolute atomic E-state index is 0.386. The molecule has 1 aromatic heterocycles. The van der Waals surface area contributed by atoms with Crippen LogP contribution in [0.4, 0.5) is 0 Å². The number of nitrogens with one attached hydrogen (secondary N) is 1. The van der Waals surface area contributed by atoms with E-state index in [2.05, 4.69) is 15.5 Å². The van der Waals surface area contributed by atoms with Crippen LogP contribution in [-0.4, -0.2) is 15.7 Å². The second-order valence-electron chi connectivity index (χ2n) is 6.97. The van der Waals surface area contributed by atoms with E-state index in [1.165, 1.54) is 25.7 Å². The van der Waals surface area contributed by atoms with Gasteiger partial charge < -0.3 is 9.73 Å². The Balaban J connectivity index is 1.31. The van der Waals surface area contributed by atoms with Crippen LogP contribution in [0.5, 0.6) is 0 Å². The Kier molecular flexibility index (Phi) is 2.37. The number of aromatic nitrogens is 2. The molecule has 4 aliphatic carbocycles. The molecule has 6 rings (SSSR count). The van der Waals surface area contributed by atoms with Gasteiger partial charge >= 0.3 is 0 Å². The molecule has 4 saturated carbocycles. The molecule has 2 aromatic rings. The van der Waals surface area contributed by atoms with Crippen LogP contribution in [0, 0.1) is 17.8 Å². The Morgan fingerprint density at radius 3 is 2.52 bits per heavy atom. The zero-order valence-electron chi connectivity index (χ0n) is 12.0. The molecule has 4 aliphatic rings. The van der Waals surface area contributed by atoms with E-state index < -0.39 is 0 Å². The lowest BCUT2D eigenvalue weighted by molar-refractivity contribution is 0.271. The van der Waals surface area contributed by atoms with Gasteiger partial charge in [0.1, 0.15) is 0 Å². The molecule has 4 fully saturated rings. The van der Waals surface area contributed by atoms with Crippen molar-refractivity contribution >= 4 is 0 Å². The van der Waals surface area contributed by atoms with Crippen LogP contribution < -0.4 is 5.32 Å². The molecule has 1 aromatic carbocycles. The van der Waals surface area contributed by atoms with Gasteiger partial charge in [0.05, 0.1) is 6.54 Å². The summed E-state index contributed by atoms with van der Waals surface area (Å²) in [5, 5.41) is 12.1. The van der Waals surface area contributed by atoms with Crippen LogP contribution in [0.2, 0.25) is 0 Å². The SMILES string of the molecule is c1ccc(-c2nnc(CNC34CC5CC3CC5C4)o2)cc1. The van der Waals surface area contributed by atoms with Crippen molar-refractivity contribution in [2.45, 2.75) is 37.8 Å². The highest BCUT2D eigenvalue weighted by Crippen LogP contribution is 2.65. The zero-order chi connectivity index (χ0) is 13.9. The minimum atomic E-state index is 0.386. The van der Waals surface area contributed by atoms with E-state index in [1.54, 1.807) is 0 Å². The standard InChI is InChI=1S/C17H19N3O/c1-2-4-11(5-3-1)16-20-19-15(21-16)10-18-17-8-12-6-14(17)7-13(12)9-17/h1-5,12-14,18H,6-10H2. The molecule has 108 valence electrons. The fraction of sp³-hybridized carbons (Fsp3) is 0.529. The van der Waals surface area contributed by atoms with Crippen molar-refractivity contribution in [1.82, 2.24) is 15.5 Å². The molecule has 0 radical (unpaired) electrons. The minimum Gasteiger partial charge on any atom is -0.419 e. The van der Waals surface area contributed by atoms with Crippen molar-refractivity contribution < 1.29 is 4.42 Å². The summed E-state index contributed by atoms with van der Waals surface area (Å²) in [6, 6.07) is 9.96. The Morgan fingerprint density at radius 2 is 1.86 bits per heavy atom. The second-order valence-corrected chi connectivity index (χ2v) is 6.97. The van der Waals surface area contributed by atoms with E-state index in [0.29, 0.717) is 23.9 Å². The Morgan fingerprint density at radius 1 is 1.10 bits per heavy atom. The van der Waals surface area contributed by atoms with Crippen molar-refractivity contribution in [3.8, 4) is 11.5 Å². The molecule has 0 saturated heterocycles. The van der Waals surface area contributed by atoms with Crippen molar-refractivity contribution in [3.63, 3.8) is 0 Å². The van der Waals surface area contributed by atoms with Gasteiger partial charge in [0.25, 0.3) is 0 Å². The lowest BCUT2D eigenvalue weighted by atomic mass is 9.91. The topological polar surface area (TPSA) is 51.0 Å². The molecule has 4 bridgehead atoms. The van der Waals surface area contributed by atoms with Crippen LogP contribution in [0.25, 0.3) is 11.5 Å². The van der Waals surface area contributed by atoms with E-state index in [0.717, 1.165) is 23.3 Å². The first-order valence-corrected chi connectivity index (χ1v) is 7.95. The fourth-order valence-corrected chi connectivity index (χ4v) is 5.08. The molecule has 4 nitrogen and oxygen atoms in total. The van der Waals surface area contributed by atoms with Crippen molar-refractivity contribution in [2.75, 3.05) is 0 Å². The van der Waals surface area contributed by atoms with Crippen LogP contribution in [0.1, 0.15) is 31.6 Å². The van der Waals surface area contributed by atoms with Gasteiger partial charge in [0, 0.05) is 11.1 Å². The van der Waals surface area contributed by atoms with Gasteiger partial charge in [-0.1, -0.05) is 18.2 Å². The highest BCUT2D eigenvalue weighted by atomic mass is 16.4. The number of hydrogen-bond donors (Lipinski definition) is 1. The molecular formula is C17H19N3O. The van der Waals surface area contributed by atoms with Gasteiger partial charge in [-0.15, -0.1) is 10.2 Å². The van der Waals surface area contributed by atoms with Crippen molar-refractivity contribution in [3.05, 3.63) is 36.2 Å². The fourth-order valence-electron chi connectivity index (χ4n) is 5.08. The van der Waals surface area contributed by atoms with Gasteiger partial charge in [0.2, 0.25) is 11.8 Å². The summed E-state index contributed by atoms with van der Waals surface area (Å²) in [6.45, 7) is 0.704. The summed E-state index contributed by atoms with van der Waals surface area (Å²) >= 11 is 0. The van der Waals surface area contributed by atoms with Gasteiger partial charge in [-0.05, 0) is 55.6 Å². The van der Waals surface area contributed by atoms with Crippen LogP contribution in [0.3, 0.4) is 0 Å². The molecule has 1 heterocycles. The van der Waals surface area contributed by atoms with E-state index in [4.69, 9.17) is 4.42 Å². The summed E-state index contributed by atoms with van der Waals surface area (Å²) in [4.78, 5) is 0. The molecule has 2 atom stereocenters. The number of hydrogen-bond acceptors (Lipinski definition) is 4. The van der Waals surface area contributed by atoms with Gasteiger partial charge in [0.15, 0.2) is 0 Å². The Bertz CT molecular complexity index is 652. The second kappa shape index (κ2) is 4.17. The average Bonchev–Trinajstić information content (AvgIpc) is 3.28. The van der Waals surface area contributed by atoms with Gasteiger partial charge in [-0.25, -0.2) is 0 Å². The van der Waals surface area contributed by atoms with E-state index in [1.807, 2.05) is 30.3 Å². The first-order chi connectivity index (χ1) is 10.3. The van der Waals surface area contributed by atoms with E-state index in [9.17, 15) is 0 Å². The third kappa shape index (κ3) is 1.72. The maximum absolute atomic E-state index is 5.80. The number of rotatable bonds is 4. The van der Waals surface area contributed by atoms with E-state index in [-0.39, 0.29) is 0 Å².